The molecule has 16 heavy (non-hydrogen) atoms. The van der Waals surface area contributed by atoms with Crippen molar-refractivity contribution >= 4 is 0 Å². The highest BCUT2D eigenvalue weighted by Gasteiger charge is 2.17. The highest BCUT2D eigenvalue weighted by molar-refractivity contribution is 4.76. The number of rotatable bonds is 6. The van der Waals surface area contributed by atoms with Crippen LogP contribution in [0.25, 0.3) is 0 Å². The van der Waals surface area contributed by atoms with Crippen LogP contribution in [-0.2, 0) is 4.74 Å². The van der Waals surface area contributed by atoms with Crippen LogP contribution >= 0.6 is 0 Å². The molecule has 3 heteroatoms. The molecule has 1 rings (SSSR count). The van der Waals surface area contributed by atoms with Crippen molar-refractivity contribution in [2.75, 3.05) is 33.4 Å². The van der Waals surface area contributed by atoms with Crippen LogP contribution in [0.3, 0.4) is 0 Å². The second kappa shape index (κ2) is 8.04. The predicted octanol–water partition coefficient (Wildman–Crippen LogP) is 1.88. The van der Waals surface area contributed by atoms with Crippen LogP contribution < -0.4 is 5.32 Å². The van der Waals surface area contributed by atoms with Gasteiger partial charge in [0.15, 0.2) is 0 Å². The van der Waals surface area contributed by atoms with Gasteiger partial charge >= 0.3 is 0 Å². The first-order chi connectivity index (χ1) is 7.74. The normalized spacial score (nSPS) is 22.7. The molecule has 0 saturated carbocycles. The summed E-state index contributed by atoms with van der Waals surface area (Å²) in [5, 5.41) is 3.66. The first-order valence-electron chi connectivity index (χ1n) is 6.70. The Balaban J connectivity index is 2.33. The minimum atomic E-state index is 0.611. The minimum absolute atomic E-state index is 0.611. The van der Waals surface area contributed by atoms with Crippen molar-refractivity contribution in [1.82, 2.24) is 10.2 Å². The van der Waals surface area contributed by atoms with Gasteiger partial charge in [0.2, 0.25) is 0 Å². The topological polar surface area (TPSA) is 24.5 Å². The molecule has 0 spiro atoms. The van der Waals surface area contributed by atoms with Crippen LogP contribution in [0.15, 0.2) is 0 Å². The highest BCUT2D eigenvalue weighted by Crippen LogP contribution is 2.11. The van der Waals surface area contributed by atoms with E-state index in [2.05, 4.69) is 24.1 Å². The molecule has 1 saturated heterocycles. The molecular formula is C13H28N2O. The fraction of sp³-hybridized carbons (Fsp3) is 1.00. The van der Waals surface area contributed by atoms with Crippen molar-refractivity contribution in [2.24, 2.45) is 0 Å². The summed E-state index contributed by atoms with van der Waals surface area (Å²) in [7, 11) is 1.78. The molecule has 0 amide bonds. The zero-order valence-corrected chi connectivity index (χ0v) is 11.2. The van der Waals surface area contributed by atoms with Crippen molar-refractivity contribution < 1.29 is 4.74 Å². The van der Waals surface area contributed by atoms with Crippen LogP contribution in [0.2, 0.25) is 0 Å². The Morgan fingerprint density at radius 1 is 1.31 bits per heavy atom. The first kappa shape index (κ1) is 13.9. The zero-order chi connectivity index (χ0) is 11.8. The van der Waals surface area contributed by atoms with Crippen LogP contribution in [-0.4, -0.2) is 50.3 Å². The lowest BCUT2D eigenvalue weighted by molar-refractivity contribution is 0.120. The average molecular weight is 228 g/mol. The number of nitrogens with one attached hydrogen (secondary N) is 1. The maximum Gasteiger partial charge on any atom is 0.0589 e. The quantitative estimate of drug-likeness (QED) is 0.751. The highest BCUT2D eigenvalue weighted by atomic mass is 16.5. The second-order valence-corrected chi connectivity index (χ2v) is 5.08. The van der Waals surface area contributed by atoms with Crippen LogP contribution in [0.1, 0.15) is 39.5 Å². The summed E-state index contributed by atoms with van der Waals surface area (Å²) in [5.41, 5.74) is 0. The van der Waals surface area contributed by atoms with E-state index in [4.69, 9.17) is 4.74 Å². The van der Waals surface area contributed by atoms with Gasteiger partial charge in [-0.1, -0.05) is 12.8 Å². The SMILES string of the molecule is COCCN(CC1CCCCCN1)C(C)C. The Morgan fingerprint density at radius 2 is 2.12 bits per heavy atom. The summed E-state index contributed by atoms with van der Waals surface area (Å²) in [5.74, 6) is 0. The molecule has 0 aromatic heterocycles. The molecule has 1 aliphatic heterocycles. The minimum Gasteiger partial charge on any atom is -0.383 e. The van der Waals surface area contributed by atoms with E-state index < -0.39 is 0 Å². The summed E-state index contributed by atoms with van der Waals surface area (Å²) in [6.07, 6.45) is 5.45. The molecule has 1 N–H and O–H groups in total. The molecule has 0 radical (unpaired) electrons. The van der Waals surface area contributed by atoms with Gasteiger partial charge in [0.25, 0.3) is 0 Å². The molecule has 1 heterocycles. The van der Waals surface area contributed by atoms with E-state index in [0.29, 0.717) is 12.1 Å². The maximum absolute atomic E-state index is 5.17. The monoisotopic (exact) mass is 228 g/mol. The van der Waals surface area contributed by atoms with Crippen LogP contribution in [0.4, 0.5) is 0 Å². The van der Waals surface area contributed by atoms with E-state index in [1.54, 1.807) is 7.11 Å². The van der Waals surface area contributed by atoms with Crippen molar-refractivity contribution in [2.45, 2.75) is 51.6 Å². The third-order valence-corrected chi connectivity index (χ3v) is 3.43. The van der Waals surface area contributed by atoms with Gasteiger partial charge in [-0.15, -0.1) is 0 Å². The van der Waals surface area contributed by atoms with Gasteiger partial charge in [0.1, 0.15) is 0 Å². The molecule has 3 nitrogen and oxygen atoms in total. The number of hydrogen-bond donors (Lipinski definition) is 1. The molecule has 1 atom stereocenters. The van der Waals surface area contributed by atoms with E-state index in [0.717, 1.165) is 13.2 Å². The molecule has 1 fully saturated rings. The van der Waals surface area contributed by atoms with Gasteiger partial charge in [0.05, 0.1) is 6.61 Å². The number of hydrogen-bond acceptors (Lipinski definition) is 3. The Morgan fingerprint density at radius 3 is 2.81 bits per heavy atom. The van der Waals surface area contributed by atoms with Crippen molar-refractivity contribution in [1.29, 1.82) is 0 Å². The van der Waals surface area contributed by atoms with Gasteiger partial charge < -0.3 is 10.1 Å². The van der Waals surface area contributed by atoms with Gasteiger partial charge in [-0.25, -0.2) is 0 Å². The average Bonchev–Trinajstić information content (AvgIpc) is 2.52. The fourth-order valence-corrected chi connectivity index (χ4v) is 2.31. The van der Waals surface area contributed by atoms with Crippen LogP contribution in [0, 0.1) is 0 Å². The Bertz CT molecular complexity index is 165. The van der Waals surface area contributed by atoms with E-state index in [1.165, 1.54) is 38.8 Å². The van der Waals surface area contributed by atoms with Gasteiger partial charge in [-0.2, -0.15) is 0 Å². The molecule has 0 aromatic carbocycles. The largest absolute Gasteiger partial charge is 0.383 e. The summed E-state index contributed by atoms with van der Waals surface area (Å²) in [6.45, 7) is 8.79. The van der Waals surface area contributed by atoms with Gasteiger partial charge in [-0.3, -0.25) is 4.90 Å². The Kier molecular flexibility index (Phi) is 7.01. The number of nitrogens with zero attached hydrogens (tertiary/aromatic N) is 1. The molecular weight excluding hydrogens is 200 g/mol. The molecule has 0 aliphatic carbocycles. The van der Waals surface area contributed by atoms with Crippen LogP contribution in [0.5, 0.6) is 0 Å². The van der Waals surface area contributed by atoms with E-state index >= 15 is 0 Å². The Hall–Kier alpha value is -0.120. The maximum atomic E-state index is 5.17. The van der Waals surface area contributed by atoms with E-state index in [1.807, 2.05) is 0 Å². The van der Waals surface area contributed by atoms with Gasteiger partial charge in [-0.05, 0) is 33.2 Å². The second-order valence-electron chi connectivity index (χ2n) is 5.08. The lowest BCUT2D eigenvalue weighted by Gasteiger charge is -2.30. The predicted molar refractivity (Wildman–Crippen MR) is 68.8 cm³/mol. The lowest BCUT2D eigenvalue weighted by atomic mass is 10.1. The van der Waals surface area contributed by atoms with Crippen molar-refractivity contribution in [3.63, 3.8) is 0 Å². The standard InChI is InChI=1S/C13H28N2O/c1-12(2)15(9-10-16-3)11-13-7-5-4-6-8-14-13/h12-14H,4-11H2,1-3H3. The first-order valence-corrected chi connectivity index (χ1v) is 6.70. The lowest BCUT2D eigenvalue weighted by Crippen LogP contribution is -2.44. The molecule has 1 aliphatic rings. The van der Waals surface area contributed by atoms with Crippen molar-refractivity contribution in [3.8, 4) is 0 Å². The number of methoxy groups -OCH3 is 1. The number of ether oxygens (including phenoxy) is 1. The molecule has 1 unspecified atom stereocenters. The van der Waals surface area contributed by atoms with Gasteiger partial charge in [0, 0.05) is 32.3 Å². The smallest absolute Gasteiger partial charge is 0.0589 e. The third-order valence-electron chi connectivity index (χ3n) is 3.43. The Labute approximate surface area is 101 Å². The summed E-state index contributed by atoms with van der Waals surface area (Å²) >= 11 is 0. The molecule has 96 valence electrons. The summed E-state index contributed by atoms with van der Waals surface area (Å²) in [6, 6.07) is 1.29. The van der Waals surface area contributed by atoms with E-state index in [9.17, 15) is 0 Å². The molecule has 0 aromatic rings. The summed E-state index contributed by atoms with van der Waals surface area (Å²) in [4.78, 5) is 2.52. The fourth-order valence-electron chi connectivity index (χ4n) is 2.31. The third kappa shape index (κ3) is 5.28. The van der Waals surface area contributed by atoms with E-state index in [-0.39, 0.29) is 0 Å². The summed E-state index contributed by atoms with van der Waals surface area (Å²) < 4.78 is 5.17. The molecule has 0 bridgehead atoms. The zero-order valence-electron chi connectivity index (χ0n) is 11.2. The van der Waals surface area contributed by atoms with Crippen molar-refractivity contribution in [3.05, 3.63) is 0 Å².